The third kappa shape index (κ3) is 3.80. The predicted octanol–water partition coefficient (Wildman–Crippen LogP) is 0.274. The molecule has 2 rings (SSSR count). The van der Waals surface area contributed by atoms with Gasteiger partial charge < -0.3 is 20.3 Å². The molecule has 0 aromatic heterocycles. The normalized spacial score (nSPS) is 18.1. The lowest BCUT2D eigenvalue weighted by Crippen LogP contribution is -2.47. The molecule has 6 heteroatoms. The first-order valence-electron chi connectivity index (χ1n) is 7.01. The van der Waals surface area contributed by atoms with E-state index < -0.39 is 0 Å². The highest BCUT2D eigenvalue weighted by atomic mass is 16.5. The molecule has 1 heterocycles. The van der Waals surface area contributed by atoms with Gasteiger partial charge in [-0.25, -0.2) is 0 Å². The monoisotopic (exact) mass is 291 g/mol. The largest absolute Gasteiger partial charge is 0.383 e. The Bertz CT molecular complexity index is 519. The van der Waals surface area contributed by atoms with E-state index in [-0.39, 0.29) is 24.4 Å². The van der Waals surface area contributed by atoms with Crippen molar-refractivity contribution in [1.29, 1.82) is 0 Å². The fourth-order valence-corrected chi connectivity index (χ4v) is 2.28. The number of carbonyl (C=O) groups is 2. The highest BCUT2D eigenvalue weighted by Gasteiger charge is 2.28. The number of nitrogens with one attached hydrogen (secondary N) is 2. The molecule has 1 aliphatic heterocycles. The van der Waals surface area contributed by atoms with Gasteiger partial charge in [-0.3, -0.25) is 9.59 Å². The van der Waals surface area contributed by atoms with Gasteiger partial charge in [-0.15, -0.1) is 0 Å². The Balaban J connectivity index is 2.14. The van der Waals surface area contributed by atoms with Crippen molar-refractivity contribution in [3.05, 3.63) is 29.8 Å². The van der Waals surface area contributed by atoms with Gasteiger partial charge in [0, 0.05) is 25.9 Å². The number of nitrogens with zero attached hydrogens (tertiary/aromatic N) is 1. The van der Waals surface area contributed by atoms with Gasteiger partial charge in [-0.1, -0.05) is 18.2 Å². The third-order valence-electron chi connectivity index (χ3n) is 3.45. The highest BCUT2D eigenvalue weighted by Crippen LogP contribution is 2.23. The van der Waals surface area contributed by atoms with Crippen molar-refractivity contribution < 1.29 is 14.3 Å². The number of methoxy groups -OCH3 is 1. The van der Waals surface area contributed by atoms with Gasteiger partial charge in [0.05, 0.1) is 12.6 Å². The van der Waals surface area contributed by atoms with Crippen LogP contribution in [0.4, 0.5) is 5.69 Å². The molecule has 114 valence electrons. The molecule has 0 spiro atoms. The Morgan fingerprint density at radius 3 is 3.00 bits per heavy atom. The minimum atomic E-state index is -0.316. The minimum absolute atomic E-state index is 0.0194. The zero-order chi connectivity index (χ0) is 15.2. The summed E-state index contributed by atoms with van der Waals surface area (Å²) in [6.45, 7) is 3.33. The molecule has 1 aliphatic rings. The van der Waals surface area contributed by atoms with E-state index in [4.69, 9.17) is 4.74 Å². The summed E-state index contributed by atoms with van der Waals surface area (Å²) in [5.41, 5.74) is 1.81. The molecule has 0 bridgehead atoms. The number of fused-ring (bicyclic) bond motifs is 1. The SMILES string of the molecule is COCCNC(=O)CN1C(=O)C(C)NCc2ccccc21. The lowest BCUT2D eigenvalue weighted by Gasteiger charge is -2.23. The molecule has 1 unspecified atom stereocenters. The molecule has 2 N–H and O–H groups in total. The lowest BCUT2D eigenvalue weighted by atomic mass is 10.1. The molecule has 0 fully saturated rings. The molecule has 0 saturated heterocycles. The highest BCUT2D eigenvalue weighted by molar-refractivity contribution is 6.02. The van der Waals surface area contributed by atoms with Crippen LogP contribution >= 0.6 is 0 Å². The molecule has 2 amide bonds. The molecule has 0 radical (unpaired) electrons. The second-order valence-corrected chi connectivity index (χ2v) is 5.00. The van der Waals surface area contributed by atoms with Crippen LogP contribution in [0.3, 0.4) is 0 Å². The third-order valence-corrected chi connectivity index (χ3v) is 3.45. The van der Waals surface area contributed by atoms with E-state index in [0.717, 1.165) is 11.3 Å². The first-order chi connectivity index (χ1) is 10.1. The van der Waals surface area contributed by atoms with Crippen LogP contribution < -0.4 is 15.5 Å². The summed E-state index contributed by atoms with van der Waals surface area (Å²) < 4.78 is 4.89. The number of carbonyl (C=O) groups excluding carboxylic acids is 2. The molecule has 21 heavy (non-hydrogen) atoms. The molecule has 1 atom stereocenters. The summed E-state index contributed by atoms with van der Waals surface area (Å²) in [6, 6.07) is 7.32. The van der Waals surface area contributed by atoms with Crippen molar-refractivity contribution in [2.75, 3.05) is 31.7 Å². The maximum absolute atomic E-state index is 12.4. The second-order valence-electron chi connectivity index (χ2n) is 5.00. The van der Waals surface area contributed by atoms with Crippen LogP contribution in [0.25, 0.3) is 0 Å². The topological polar surface area (TPSA) is 70.7 Å². The maximum atomic E-state index is 12.4. The molecule has 1 aromatic carbocycles. The van der Waals surface area contributed by atoms with Crippen LogP contribution in [0.1, 0.15) is 12.5 Å². The first kappa shape index (κ1) is 15.5. The average molecular weight is 291 g/mol. The number of hydrogen-bond donors (Lipinski definition) is 2. The molecule has 1 aromatic rings. The van der Waals surface area contributed by atoms with E-state index in [0.29, 0.717) is 19.7 Å². The van der Waals surface area contributed by atoms with Gasteiger partial charge >= 0.3 is 0 Å². The van der Waals surface area contributed by atoms with Crippen molar-refractivity contribution in [2.45, 2.75) is 19.5 Å². The van der Waals surface area contributed by atoms with Crippen molar-refractivity contribution in [1.82, 2.24) is 10.6 Å². The van der Waals surface area contributed by atoms with Crippen molar-refractivity contribution >= 4 is 17.5 Å². The van der Waals surface area contributed by atoms with Crippen LogP contribution in [-0.4, -0.2) is 44.7 Å². The van der Waals surface area contributed by atoms with Crippen LogP contribution in [-0.2, 0) is 20.9 Å². The first-order valence-corrected chi connectivity index (χ1v) is 7.01. The van der Waals surface area contributed by atoms with Gasteiger partial charge in [0.1, 0.15) is 6.54 Å². The van der Waals surface area contributed by atoms with E-state index in [1.165, 1.54) is 0 Å². The number of hydrogen-bond acceptors (Lipinski definition) is 4. The van der Waals surface area contributed by atoms with E-state index in [1.807, 2.05) is 31.2 Å². The van der Waals surface area contributed by atoms with Gasteiger partial charge in [0.2, 0.25) is 11.8 Å². The van der Waals surface area contributed by atoms with Gasteiger partial charge in [-0.05, 0) is 18.6 Å². The van der Waals surface area contributed by atoms with Gasteiger partial charge in [0.25, 0.3) is 0 Å². The number of para-hydroxylation sites is 1. The average Bonchev–Trinajstić information content (AvgIpc) is 2.60. The van der Waals surface area contributed by atoms with Gasteiger partial charge in [-0.2, -0.15) is 0 Å². The van der Waals surface area contributed by atoms with Gasteiger partial charge in [0.15, 0.2) is 0 Å². The number of rotatable bonds is 5. The van der Waals surface area contributed by atoms with Crippen LogP contribution in [0.5, 0.6) is 0 Å². The van der Waals surface area contributed by atoms with Crippen LogP contribution in [0.2, 0.25) is 0 Å². The molecular weight excluding hydrogens is 270 g/mol. The Morgan fingerprint density at radius 2 is 2.24 bits per heavy atom. The standard InChI is InChI=1S/C15H21N3O3/c1-11-15(20)18(10-14(19)16-7-8-21-2)13-6-4-3-5-12(13)9-17-11/h3-6,11,17H,7-10H2,1-2H3,(H,16,19). The van der Waals surface area contributed by atoms with Crippen molar-refractivity contribution in [3.63, 3.8) is 0 Å². The van der Waals surface area contributed by atoms with E-state index in [2.05, 4.69) is 10.6 Å². The summed E-state index contributed by atoms with van der Waals surface area (Å²) in [5.74, 6) is -0.286. The predicted molar refractivity (Wildman–Crippen MR) is 80.0 cm³/mol. The van der Waals surface area contributed by atoms with E-state index in [9.17, 15) is 9.59 Å². The summed E-state index contributed by atoms with van der Waals surface area (Å²) >= 11 is 0. The Morgan fingerprint density at radius 1 is 1.48 bits per heavy atom. The zero-order valence-corrected chi connectivity index (χ0v) is 12.4. The minimum Gasteiger partial charge on any atom is -0.383 e. The fourth-order valence-electron chi connectivity index (χ4n) is 2.28. The number of amides is 2. The summed E-state index contributed by atoms with van der Waals surface area (Å²) in [6.07, 6.45) is 0. The van der Waals surface area contributed by atoms with Crippen molar-refractivity contribution in [3.8, 4) is 0 Å². The Labute approximate surface area is 124 Å². The summed E-state index contributed by atoms with van der Waals surface area (Å²) in [4.78, 5) is 26.0. The van der Waals surface area contributed by atoms with Crippen molar-refractivity contribution in [2.24, 2.45) is 0 Å². The molecule has 0 aliphatic carbocycles. The number of ether oxygens (including phenoxy) is 1. The van der Waals surface area contributed by atoms with Crippen LogP contribution in [0, 0.1) is 0 Å². The molecule has 0 saturated carbocycles. The summed E-state index contributed by atoms with van der Waals surface area (Å²) in [7, 11) is 1.58. The second kappa shape index (κ2) is 7.19. The van der Waals surface area contributed by atoms with Crippen LogP contribution in [0.15, 0.2) is 24.3 Å². The van der Waals surface area contributed by atoms with E-state index in [1.54, 1.807) is 12.0 Å². The number of anilines is 1. The maximum Gasteiger partial charge on any atom is 0.244 e. The fraction of sp³-hybridized carbons (Fsp3) is 0.467. The molecule has 6 nitrogen and oxygen atoms in total. The zero-order valence-electron chi connectivity index (χ0n) is 12.4. The Kier molecular flexibility index (Phi) is 5.30. The number of benzene rings is 1. The summed E-state index contributed by atoms with van der Waals surface area (Å²) in [5, 5.41) is 5.90. The Hall–Kier alpha value is -1.92. The smallest absolute Gasteiger partial charge is 0.244 e. The lowest BCUT2D eigenvalue weighted by molar-refractivity contribution is -0.124. The quantitative estimate of drug-likeness (QED) is 0.764. The molecular formula is C15H21N3O3. The van der Waals surface area contributed by atoms with E-state index >= 15 is 0 Å².